The fraction of sp³-hybridized carbons (Fsp3) is 0.667. The van der Waals surface area contributed by atoms with Crippen LogP contribution < -0.4 is 5.73 Å². The molecule has 5 heteroatoms. The van der Waals surface area contributed by atoms with Crippen LogP contribution in [0, 0.1) is 0 Å². The van der Waals surface area contributed by atoms with E-state index in [1.807, 2.05) is 0 Å². The second kappa shape index (κ2) is 2.98. The molecule has 0 bridgehead atoms. The van der Waals surface area contributed by atoms with Gasteiger partial charge in [0.05, 0.1) is 4.75 Å². The smallest absolute Gasteiger partial charge is 0.203 e. The van der Waals surface area contributed by atoms with Gasteiger partial charge in [-0.3, -0.25) is 0 Å². The van der Waals surface area contributed by atoms with Crippen LogP contribution >= 0.6 is 23.1 Å². The van der Waals surface area contributed by atoms with Crippen LogP contribution in [-0.4, -0.2) is 16.5 Å². The zero-order valence-corrected chi connectivity index (χ0v) is 8.42. The van der Waals surface area contributed by atoms with Gasteiger partial charge in [-0.25, -0.2) is 0 Å². The lowest BCUT2D eigenvalue weighted by Crippen LogP contribution is -2.10. The van der Waals surface area contributed by atoms with Crippen molar-refractivity contribution in [3.63, 3.8) is 0 Å². The molecule has 0 saturated heterocycles. The van der Waals surface area contributed by atoms with Gasteiger partial charge in [-0.15, -0.1) is 10.2 Å². The van der Waals surface area contributed by atoms with E-state index in [0.29, 0.717) is 5.13 Å². The number of rotatable bonds is 2. The summed E-state index contributed by atoms with van der Waals surface area (Å²) in [5.74, 6) is 0. The summed E-state index contributed by atoms with van der Waals surface area (Å²) in [5.41, 5.74) is 5.47. The van der Waals surface area contributed by atoms with Crippen LogP contribution in [0.5, 0.6) is 0 Å². The van der Waals surface area contributed by atoms with Crippen LogP contribution in [0.1, 0.15) is 18.9 Å². The third kappa shape index (κ3) is 1.84. The number of hydrogen-bond acceptors (Lipinski definition) is 5. The quantitative estimate of drug-likeness (QED) is 0.769. The maximum Gasteiger partial charge on any atom is 0.203 e. The first kappa shape index (κ1) is 8.80. The molecule has 0 aromatic carbocycles. The van der Waals surface area contributed by atoms with Crippen LogP contribution in [0.4, 0.5) is 5.13 Å². The second-order valence-corrected chi connectivity index (χ2v) is 5.10. The predicted octanol–water partition coefficient (Wildman–Crippen LogP) is 1.72. The average molecular weight is 189 g/mol. The first-order valence-electron chi connectivity index (χ1n) is 3.21. The largest absolute Gasteiger partial charge is 0.374 e. The molecule has 0 fully saturated rings. The molecule has 0 aliphatic rings. The first-order chi connectivity index (χ1) is 5.06. The van der Waals surface area contributed by atoms with E-state index in [-0.39, 0.29) is 4.75 Å². The Hall–Kier alpha value is -0.290. The number of nitrogen functional groups attached to an aromatic ring is 1. The molecule has 0 unspecified atom stereocenters. The van der Waals surface area contributed by atoms with Crippen molar-refractivity contribution < 1.29 is 0 Å². The second-order valence-electron chi connectivity index (χ2n) is 2.66. The average Bonchev–Trinajstić information content (AvgIpc) is 2.36. The molecule has 0 radical (unpaired) electrons. The van der Waals surface area contributed by atoms with E-state index in [0.717, 1.165) is 5.01 Å². The monoisotopic (exact) mass is 189 g/mol. The Balaban J connectivity index is 2.92. The van der Waals surface area contributed by atoms with E-state index in [1.165, 1.54) is 11.3 Å². The fourth-order valence-corrected chi connectivity index (χ4v) is 1.76. The highest BCUT2D eigenvalue weighted by Gasteiger charge is 2.23. The number of aromatic nitrogens is 2. The van der Waals surface area contributed by atoms with Crippen LogP contribution in [0.3, 0.4) is 0 Å². The van der Waals surface area contributed by atoms with E-state index >= 15 is 0 Å². The Bertz CT molecular complexity index is 244. The number of nitrogens with zero attached hydrogens (tertiary/aromatic N) is 2. The summed E-state index contributed by atoms with van der Waals surface area (Å²) in [5, 5.41) is 9.28. The minimum Gasteiger partial charge on any atom is -0.374 e. The summed E-state index contributed by atoms with van der Waals surface area (Å²) in [6.45, 7) is 4.22. The number of anilines is 1. The van der Waals surface area contributed by atoms with Gasteiger partial charge in [0, 0.05) is 0 Å². The Morgan fingerprint density at radius 1 is 1.45 bits per heavy atom. The molecule has 0 saturated carbocycles. The van der Waals surface area contributed by atoms with Crippen molar-refractivity contribution in [2.75, 3.05) is 12.0 Å². The summed E-state index contributed by atoms with van der Waals surface area (Å²) >= 11 is 3.20. The standard InChI is InChI=1S/C6H11N3S2/c1-6(2,10-3)4-8-9-5(7)11-4/h1-3H3,(H2,7,9). The van der Waals surface area contributed by atoms with Crippen molar-refractivity contribution in [1.29, 1.82) is 0 Å². The maximum atomic E-state index is 5.47. The highest BCUT2D eigenvalue weighted by molar-refractivity contribution is 7.99. The van der Waals surface area contributed by atoms with Crippen LogP contribution in [-0.2, 0) is 4.75 Å². The zero-order chi connectivity index (χ0) is 8.48. The highest BCUT2D eigenvalue weighted by Crippen LogP contribution is 2.35. The molecule has 1 aromatic heterocycles. The maximum absolute atomic E-state index is 5.47. The first-order valence-corrected chi connectivity index (χ1v) is 5.25. The van der Waals surface area contributed by atoms with E-state index in [4.69, 9.17) is 5.73 Å². The third-order valence-corrected chi connectivity index (χ3v) is 3.89. The summed E-state index contributed by atoms with van der Waals surface area (Å²) in [7, 11) is 0. The molecule has 1 heterocycles. The molecule has 62 valence electrons. The molecule has 0 aliphatic carbocycles. The normalized spacial score (nSPS) is 11.9. The third-order valence-electron chi connectivity index (χ3n) is 1.47. The molecule has 0 aliphatic heterocycles. The van der Waals surface area contributed by atoms with E-state index in [1.54, 1.807) is 11.8 Å². The molecule has 1 aromatic rings. The molecular weight excluding hydrogens is 178 g/mol. The van der Waals surface area contributed by atoms with Gasteiger partial charge < -0.3 is 5.73 Å². The fourth-order valence-electron chi connectivity index (χ4n) is 0.565. The number of nitrogens with two attached hydrogens (primary N) is 1. The molecule has 1 rings (SSSR count). The summed E-state index contributed by atoms with van der Waals surface area (Å²) in [4.78, 5) is 0. The Morgan fingerprint density at radius 3 is 2.45 bits per heavy atom. The summed E-state index contributed by atoms with van der Waals surface area (Å²) in [6, 6.07) is 0. The Kier molecular flexibility index (Phi) is 2.39. The van der Waals surface area contributed by atoms with Crippen molar-refractivity contribution in [2.45, 2.75) is 18.6 Å². The van der Waals surface area contributed by atoms with Gasteiger partial charge in [0.1, 0.15) is 5.01 Å². The molecule has 3 nitrogen and oxygen atoms in total. The minimum absolute atomic E-state index is 0.0370. The Morgan fingerprint density at radius 2 is 2.09 bits per heavy atom. The van der Waals surface area contributed by atoms with Crippen molar-refractivity contribution in [3.05, 3.63) is 5.01 Å². The molecule has 0 atom stereocenters. The van der Waals surface area contributed by atoms with Gasteiger partial charge in [0.15, 0.2) is 0 Å². The minimum atomic E-state index is 0.0370. The van der Waals surface area contributed by atoms with E-state index in [9.17, 15) is 0 Å². The molecule has 2 N–H and O–H groups in total. The van der Waals surface area contributed by atoms with E-state index in [2.05, 4.69) is 30.3 Å². The molecular formula is C6H11N3S2. The predicted molar refractivity (Wildman–Crippen MR) is 50.9 cm³/mol. The van der Waals surface area contributed by atoms with Crippen molar-refractivity contribution in [2.24, 2.45) is 0 Å². The van der Waals surface area contributed by atoms with Crippen LogP contribution in [0.15, 0.2) is 0 Å². The van der Waals surface area contributed by atoms with Gasteiger partial charge in [0.2, 0.25) is 5.13 Å². The molecule has 11 heavy (non-hydrogen) atoms. The van der Waals surface area contributed by atoms with Gasteiger partial charge in [0.25, 0.3) is 0 Å². The zero-order valence-electron chi connectivity index (χ0n) is 6.79. The SMILES string of the molecule is CSC(C)(C)c1nnc(N)s1. The van der Waals surface area contributed by atoms with Gasteiger partial charge in [-0.1, -0.05) is 11.3 Å². The summed E-state index contributed by atoms with van der Waals surface area (Å²) < 4.78 is 0.0370. The lowest BCUT2D eigenvalue weighted by atomic mass is 10.2. The van der Waals surface area contributed by atoms with Crippen molar-refractivity contribution >= 4 is 28.2 Å². The topological polar surface area (TPSA) is 51.8 Å². The number of hydrogen-bond donors (Lipinski definition) is 1. The van der Waals surface area contributed by atoms with Gasteiger partial charge >= 0.3 is 0 Å². The Labute approximate surface area is 74.4 Å². The van der Waals surface area contributed by atoms with Crippen molar-refractivity contribution in [1.82, 2.24) is 10.2 Å². The van der Waals surface area contributed by atoms with Crippen LogP contribution in [0.25, 0.3) is 0 Å². The lowest BCUT2D eigenvalue weighted by molar-refractivity contribution is 0.757. The van der Waals surface area contributed by atoms with Gasteiger partial charge in [-0.05, 0) is 20.1 Å². The van der Waals surface area contributed by atoms with Gasteiger partial charge in [-0.2, -0.15) is 11.8 Å². The lowest BCUT2D eigenvalue weighted by Gasteiger charge is -2.16. The molecule has 0 amide bonds. The van der Waals surface area contributed by atoms with Crippen molar-refractivity contribution in [3.8, 4) is 0 Å². The van der Waals surface area contributed by atoms with E-state index < -0.39 is 0 Å². The number of thioether (sulfide) groups is 1. The van der Waals surface area contributed by atoms with Crippen LogP contribution in [0.2, 0.25) is 0 Å². The summed E-state index contributed by atoms with van der Waals surface area (Å²) in [6.07, 6.45) is 2.05. The highest BCUT2D eigenvalue weighted by atomic mass is 32.2. The molecule has 0 spiro atoms.